The third-order valence-corrected chi connectivity index (χ3v) is 5.01. The number of hydrogen-bond acceptors (Lipinski definition) is 6. The van der Waals surface area contributed by atoms with Gasteiger partial charge in [-0.1, -0.05) is 41.9 Å². The number of nitrogens with zero attached hydrogens (tertiary/aromatic N) is 4. The molecule has 0 spiro atoms. The molecule has 1 heterocycles. The zero-order chi connectivity index (χ0) is 22.5. The van der Waals surface area contributed by atoms with Gasteiger partial charge in [0, 0.05) is 12.1 Å². The van der Waals surface area contributed by atoms with Gasteiger partial charge < -0.3 is 10.2 Å². The fourth-order valence-electron chi connectivity index (χ4n) is 3.00. The number of carboxylic acid groups (broad SMARTS) is 1. The first kappa shape index (κ1) is 21.7. The van der Waals surface area contributed by atoms with Crippen LogP contribution in [0.3, 0.4) is 0 Å². The summed E-state index contributed by atoms with van der Waals surface area (Å²) in [6.07, 6.45) is 0.456. The van der Waals surface area contributed by atoms with E-state index in [1.807, 2.05) is 36.4 Å². The second-order valence-corrected chi connectivity index (χ2v) is 7.05. The van der Waals surface area contributed by atoms with Crippen LogP contribution in [0.5, 0.6) is 5.88 Å². The Bertz CT molecular complexity index is 1280. The highest BCUT2D eigenvalue weighted by Crippen LogP contribution is 2.28. The number of rotatable bonds is 6. The van der Waals surface area contributed by atoms with Crippen LogP contribution in [0.2, 0.25) is 5.02 Å². The average molecular weight is 437 g/mol. The molecule has 31 heavy (non-hydrogen) atoms. The van der Waals surface area contributed by atoms with E-state index < -0.39 is 17.4 Å². The van der Waals surface area contributed by atoms with Gasteiger partial charge in [-0.2, -0.15) is 10.4 Å². The van der Waals surface area contributed by atoms with Crippen LogP contribution in [0, 0.1) is 18.3 Å². The molecule has 0 saturated heterocycles. The molecule has 2 aromatic carbocycles. The van der Waals surface area contributed by atoms with E-state index in [0.29, 0.717) is 6.42 Å². The molecular formula is C22H17ClN4O4. The Balaban J connectivity index is 2.03. The highest BCUT2D eigenvalue weighted by molar-refractivity contribution is 6.33. The highest BCUT2D eigenvalue weighted by atomic mass is 35.5. The van der Waals surface area contributed by atoms with E-state index in [9.17, 15) is 25.1 Å². The average Bonchev–Trinajstić information content (AvgIpc) is 2.75. The minimum absolute atomic E-state index is 0.0438. The maximum Gasteiger partial charge on any atom is 0.337 e. The van der Waals surface area contributed by atoms with E-state index in [1.54, 1.807) is 0 Å². The summed E-state index contributed by atoms with van der Waals surface area (Å²) in [5.41, 5.74) is 0.344. The number of carboxylic acids is 1. The van der Waals surface area contributed by atoms with Crippen molar-refractivity contribution in [3.8, 4) is 11.9 Å². The molecule has 3 rings (SSSR count). The van der Waals surface area contributed by atoms with Crippen LogP contribution in [0.1, 0.15) is 27.0 Å². The molecule has 0 amide bonds. The maximum absolute atomic E-state index is 13.0. The summed E-state index contributed by atoms with van der Waals surface area (Å²) in [4.78, 5) is 24.2. The number of aromatic carboxylic acids is 1. The summed E-state index contributed by atoms with van der Waals surface area (Å²) in [6, 6.07) is 15.3. The number of benzene rings is 2. The fourth-order valence-corrected chi connectivity index (χ4v) is 3.20. The summed E-state index contributed by atoms with van der Waals surface area (Å²) in [6.45, 7) is 1.62. The van der Waals surface area contributed by atoms with Gasteiger partial charge in [0.25, 0.3) is 5.56 Å². The summed E-state index contributed by atoms with van der Waals surface area (Å²) in [5.74, 6) is -1.66. The first-order chi connectivity index (χ1) is 14.8. The number of hydrogen-bond donors (Lipinski definition) is 2. The van der Waals surface area contributed by atoms with Crippen molar-refractivity contribution in [2.45, 2.75) is 19.9 Å². The molecule has 0 saturated carbocycles. The zero-order valence-electron chi connectivity index (χ0n) is 16.4. The predicted octanol–water partition coefficient (Wildman–Crippen LogP) is 4.74. The maximum atomic E-state index is 13.0. The molecule has 8 nitrogen and oxygen atoms in total. The minimum atomic E-state index is -1.22. The molecule has 0 fully saturated rings. The lowest BCUT2D eigenvalue weighted by Crippen LogP contribution is -2.22. The Labute approximate surface area is 182 Å². The number of aromatic hydroxyl groups is 1. The molecule has 0 aliphatic carbocycles. The molecular weight excluding hydrogens is 420 g/mol. The van der Waals surface area contributed by atoms with Gasteiger partial charge in [-0.15, -0.1) is 5.11 Å². The topological polar surface area (TPSA) is 128 Å². The third-order valence-electron chi connectivity index (χ3n) is 4.68. The zero-order valence-corrected chi connectivity index (χ0v) is 17.2. The van der Waals surface area contributed by atoms with Crippen LogP contribution in [-0.2, 0) is 13.0 Å². The lowest BCUT2D eigenvalue weighted by atomic mass is 10.1. The van der Waals surface area contributed by atoms with E-state index in [4.69, 9.17) is 11.6 Å². The van der Waals surface area contributed by atoms with Crippen molar-refractivity contribution in [3.05, 3.63) is 86.2 Å². The SMILES string of the molecule is Cc1c(C#N)c(O)n(CCc2ccccc2)c(=O)c1N=Nc1ccc(Cl)c(C(=O)O)c1. The number of pyridine rings is 1. The predicted molar refractivity (Wildman–Crippen MR) is 115 cm³/mol. The van der Waals surface area contributed by atoms with Crippen molar-refractivity contribution in [2.24, 2.45) is 10.2 Å². The van der Waals surface area contributed by atoms with Gasteiger partial charge in [0.1, 0.15) is 11.6 Å². The molecule has 0 aliphatic heterocycles. The van der Waals surface area contributed by atoms with Crippen molar-refractivity contribution in [3.63, 3.8) is 0 Å². The molecule has 156 valence electrons. The van der Waals surface area contributed by atoms with Gasteiger partial charge in [0.05, 0.1) is 16.3 Å². The molecule has 2 N–H and O–H groups in total. The second kappa shape index (κ2) is 9.24. The molecule has 0 aliphatic rings. The van der Waals surface area contributed by atoms with Gasteiger partial charge >= 0.3 is 5.97 Å². The van der Waals surface area contributed by atoms with Crippen LogP contribution in [0.4, 0.5) is 11.4 Å². The van der Waals surface area contributed by atoms with Crippen molar-refractivity contribution < 1.29 is 15.0 Å². The first-order valence-electron chi connectivity index (χ1n) is 9.18. The summed E-state index contributed by atoms with van der Waals surface area (Å²) in [5, 5.41) is 37.0. The largest absolute Gasteiger partial charge is 0.493 e. The Morgan fingerprint density at radius 3 is 2.55 bits per heavy atom. The molecule has 0 unspecified atom stereocenters. The van der Waals surface area contributed by atoms with Crippen LogP contribution < -0.4 is 5.56 Å². The Kier molecular flexibility index (Phi) is 6.48. The Morgan fingerprint density at radius 2 is 1.90 bits per heavy atom. The normalized spacial score (nSPS) is 10.9. The molecule has 0 atom stereocenters. The van der Waals surface area contributed by atoms with Crippen LogP contribution in [-0.4, -0.2) is 20.7 Å². The number of aryl methyl sites for hydroxylation is 1. The highest BCUT2D eigenvalue weighted by Gasteiger charge is 2.19. The fraction of sp³-hybridized carbons (Fsp3) is 0.136. The standard InChI is InChI=1S/C22H17ClN4O4/c1-13-17(12-24)20(28)27(10-9-14-5-3-2-4-6-14)21(29)19(13)26-25-15-7-8-18(23)16(11-15)22(30)31/h2-8,11,28H,9-10H2,1H3,(H,30,31). The first-order valence-corrected chi connectivity index (χ1v) is 9.56. The van der Waals surface area contributed by atoms with Gasteiger partial charge in [-0.05, 0) is 37.1 Å². The molecule has 3 aromatic rings. The molecule has 0 bridgehead atoms. The van der Waals surface area contributed by atoms with E-state index in [0.717, 1.165) is 10.1 Å². The molecule has 0 radical (unpaired) electrons. The van der Waals surface area contributed by atoms with Crippen LogP contribution >= 0.6 is 11.6 Å². The number of aromatic nitrogens is 1. The summed E-state index contributed by atoms with van der Waals surface area (Å²) in [7, 11) is 0. The lowest BCUT2D eigenvalue weighted by Gasteiger charge is -2.13. The number of halogens is 1. The van der Waals surface area contributed by atoms with Crippen LogP contribution in [0.15, 0.2) is 63.6 Å². The van der Waals surface area contributed by atoms with Crippen molar-refractivity contribution in [2.75, 3.05) is 0 Å². The van der Waals surface area contributed by atoms with Gasteiger partial charge in [-0.3, -0.25) is 9.36 Å². The minimum Gasteiger partial charge on any atom is -0.493 e. The number of carbonyl (C=O) groups is 1. The third kappa shape index (κ3) is 4.63. The molecule has 9 heteroatoms. The van der Waals surface area contributed by atoms with Crippen molar-refractivity contribution in [1.82, 2.24) is 4.57 Å². The monoisotopic (exact) mass is 436 g/mol. The number of nitriles is 1. The Hall–Kier alpha value is -3.96. The van der Waals surface area contributed by atoms with Crippen molar-refractivity contribution in [1.29, 1.82) is 5.26 Å². The molecule has 1 aromatic heterocycles. The Morgan fingerprint density at radius 1 is 1.19 bits per heavy atom. The van der Waals surface area contributed by atoms with Crippen molar-refractivity contribution >= 4 is 28.9 Å². The van der Waals surface area contributed by atoms with E-state index in [2.05, 4.69) is 10.2 Å². The summed E-state index contributed by atoms with van der Waals surface area (Å²) < 4.78 is 1.08. The van der Waals surface area contributed by atoms with Gasteiger partial charge in [0.15, 0.2) is 5.69 Å². The van der Waals surface area contributed by atoms with E-state index in [1.165, 1.54) is 25.1 Å². The second-order valence-electron chi connectivity index (χ2n) is 6.65. The van der Waals surface area contributed by atoms with Gasteiger partial charge in [0.2, 0.25) is 5.88 Å². The number of azo groups is 1. The van der Waals surface area contributed by atoms with Crippen LogP contribution in [0.25, 0.3) is 0 Å². The smallest absolute Gasteiger partial charge is 0.337 e. The lowest BCUT2D eigenvalue weighted by molar-refractivity contribution is 0.0697. The van der Waals surface area contributed by atoms with Gasteiger partial charge in [-0.25, -0.2) is 4.79 Å². The van der Waals surface area contributed by atoms with E-state index in [-0.39, 0.29) is 39.6 Å². The summed E-state index contributed by atoms with van der Waals surface area (Å²) >= 11 is 5.85. The van der Waals surface area contributed by atoms with E-state index >= 15 is 0 Å². The quantitative estimate of drug-likeness (QED) is 0.539.